The fraction of sp³-hybridized carbons (Fsp3) is 0.333. The van der Waals surface area contributed by atoms with Gasteiger partial charge in [0.15, 0.2) is 12.1 Å². The quantitative estimate of drug-likeness (QED) is 0.397. The van der Waals surface area contributed by atoms with Crippen LogP contribution in [0.25, 0.3) is 0 Å². The summed E-state index contributed by atoms with van der Waals surface area (Å²) in [5.41, 5.74) is 0. The summed E-state index contributed by atoms with van der Waals surface area (Å²) in [7, 11) is 0. The number of halogens is 2. The lowest BCUT2D eigenvalue weighted by Gasteiger charge is -1.93. The first-order valence-electron chi connectivity index (χ1n) is 2.84. The van der Waals surface area contributed by atoms with E-state index < -0.39 is 11.9 Å². The van der Waals surface area contributed by atoms with Gasteiger partial charge in [-0.3, -0.25) is 0 Å². The number of hydrogen-bond acceptors (Lipinski definition) is 4. The average Bonchev–Trinajstić information content (AvgIpc) is 2.02. The molecule has 0 aromatic carbocycles. The van der Waals surface area contributed by atoms with Crippen molar-refractivity contribution in [3.8, 4) is 0 Å². The van der Waals surface area contributed by atoms with Crippen LogP contribution in [0.2, 0.25) is 0 Å². The summed E-state index contributed by atoms with van der Waals surface area (Å²) < 4.78 is 8.54. The minimum absolute atomic E-state index is 0.256. The van der Waals surface area contributed by atoms with Gasteiger partial charge in [0.1, 0.15) is 0 Å². The van der Waals surface area contributed by atoms with Crippen molar-refractivity contribution in [3.63, 3.8) is 0 Å². The maximum Gasteiger partial charge on any atom is 0.332 e. The van der Waals surface area contributed by atoms with Crippen molar-refractivity contribution in [1.82, 2.24) is 0 Å². The SMILES string of the molecule is O=C(/C=C\C(=O)OCCl)OCCl. The number of hydrogen-bond donors (Lipinski definition) is 0. The van der Waals surface area contributed by atoms with Crippen LogP contribution in [0.15, 0.2) is 12.2 Å². The minimum Gasteiger partial charge on any atom is -0.446 e. The van der Waals surface area contributed by atoms with Crippen LogP contribution in [0.3, 0.4) is 0 Å². The van der Waals surface area contributed by atoms with Crippen molar-refractivity contribution in [3.05, 3.63) is 12.2 Å². The number of alkyl halides is 2. The van der Waals surface area contributed by atoms with Crippen molar-refractivity contribution in [2.75, 3.05) is 12.1 Å². The molecule has 0 unspecified atom stereocenters. The molecular weight excluding hydrogens is 207 g/mol. The maximum absolute atomic E-state index is 10.5. The largest absolute Gasteiger partial charge is 0.446 e. The lowest BCUT2D eigenvalue weighted by Crippen LogP contribution is -2.02. The normalized spacial score (nSPS) is 9.83. The van der Waals surface area contributed by atoms with E-state index in [0.717, 1.165) is 12.2 Å². The van der Waals surface area contributed by atoms with Crippen molar-refractivity contribution >= 4 is 35.1 Å². The molecule has 0 aliphatic heterocycles. The van der Waals surface area contributed by atoms with Gasteiger partial charge in [-0.15, -0.1) is 0 Å². The Bertz CT molecular complexity index is 170. The first-order chi connectivity index (χ1) is 5.70. The Kier molecular flexibility index (Phi) is 6.51. The Hall–Kier alpha value is -0.740. The number of esters is 2. The predicted molar refractivity (Wildman–Crippen MR) is 42.8 cm³/mol. The van der Waals surface area contributed by atoms with Crippen LogP contribution < -0.4 is 0 Å². The second-order valence-electron chi connectivity index (χ2n) is 1.48. The highest BCUT2D eigenvalue weighted by molar-refractivity contribution is 6.18. The summed E-state index contributed by atoms with van der Waals surface area (Å²) in [4.78, 5) is 21.0. The molecule has 0 radical (unpaired) electrons. The van der Waals surface area contributed by atoms with Crippen LogP contribution in [0.1, 0.15) is 0 Å². The van der Waals surface area contributed by atoms with E-state index in [-0.39, 0.29) is 12.1 Å². The molecule has 0 heterocycles. The summed E-state index contributed by atoms with van der Waals surface area (Å²) in [6.45, 7) is 0. The molecule has 0 fully saturated rings. The van der Waals surface area contributed by atoms with Gasteiger partial charge < -0.3 is 9.47 Å². The third kappa shape index (κ3) is 6.00. The summed E-state index contributed by atoms with van der Waals surface area (Å²) >= 11 is 10.1. The summed E-state index contributed by atoms with van der Waals surface area (Å²) in [5.74, 6) is -1.42. The second-order valence-corrected chi connectivity index (χ2v) is 1.91. The third-order valence-electron chi connectivity index (χ3n) is 0.749. The molecule has 0 saturated carbocycles. The first-order valence-corrected chi connectivity index (χ1v) is 3.91. The highest BCUT2D eigenvalue weighted by Gasteiger charge is 1.98. The van der Waals surface area contributed by atoms with Crippen molar-refractivity contribution in [2.45, 2.75) is 0 Å². The standard InChI is InChI=1S/C6H6Cl2O4/c7-3-11-5(9)1-2-6(10)12-4-8/h1-2H,3-4H2/b2-1-. The smallest absolute Gasteiger partial charge is 0.332 e. The van der Waals surface area contributed by atoms with Gasteiger partial charge in [-0.25, -0.2) is 9.59 Å². The fourth-order valence-corrected chi connectivity index (χ4v) is 0.555. The highest BCUT2D eigenvalue weighted by Crippen LogP contribution is 1.87. The van der Waals surface area contributed by atoms with E-state index in [0.29, 0.717) is 0 Å². The first kappa shape index (κ1) is 11.3. The molecule has 0 rings (SSSR count). The zero-order chi connectivity index (χ0) is 9.40. The number of carbonyl (C=O) groups is 2. The molecule has 68 valence electrons. The van der Waals surface area contributed by atoms with Crippen LogP contribution in [0.5, 0.6) is 0 Å². The zero-order valence-electron chi connectivity index (χ0n) is 5.96. The van der Waals surface area contributed by atoms with E-state index >= 15 is 0 Å². The molecule has 0 atom stereocenters. The molecule has 12 heavy (non-hydrogen) atoms. The second kappa shape index (κ2) is 6.94. The predicted octanol–water partition coefficient (Wildman–Crippen LogP) is 1.02. The van der Waals surface area contributed by atoms with E-state index in [1.165, 1.54) is 0 Å². The summed E-state index contributed by atoms with van der Waals surface area (Å²) in [6.07, 6.45) is 1.80. The van der Waals surface area contributed by atoms with E-state index in [1.54, 1.807) is 0 Å². The van der Waals surface area contributed by atoms with Crippen LogP contribution in [-0.4, -0.2) is 24.1 Å². The van der Waals surface area contributed by atoms with Gasteiger partial charge in [0.2, 0.25) is 0 Å². The number of rotatable bonds is 4. The average molecular weight is 213 g/mol. The third-order valence-corrected chi connectivity index (χ3v) is 0.967. The van der Waals surface area contributed by atoms with E-state index in [9.17, 15) is 9.59 Å². The molecule has 6 heteroatoms. The molecule has 0 bridgehead atoms. The van der Waals surface area contributed by atoms with Gasteiger partial charge >= 0.3 is 11.9 Å². The number of carbonyl (C=O) groups excluding carboxylic acids is 2. The summed E-state index contributed by atoms with van der Waals surface area (Å²) in [5, 5.41) is 0. The maximum atomic E-state index is 10.5. The van der Waals surface area contributed by atoms with Gasteiger partial charge in [-0.2, -0.15) is 0 Å². The van der Waals surface area contributed by atoms with Crippen LogP contribution in [-0.2, 0) is 19.1 Å². The van der Waals surface area contributed by atoms with E-state index in [4.69, 9.17) is 23.2 Å². The molecule has 0 N–H and O–H groups in total. The fourth-order valence-electron chi connectivity index (χ4n) is 0.340. The van der Waals surface area contributed by atoms with Gasteiger partial charge in [-0.1, -0.05) is 23.2 Å². The van der Waals surface area contributed by atoms with Crippen LogP contribution in [0, 0.1) is 0 Å². The van der Waals surface area contributed by atoms with Crippen LogP contribution in [0.4, 0.5) is 0 Å². The zero-order valence-corrected chi connectivity index (χ0v) is 7.47. The van der Waals surface area contributed by atoms with Crippen molar-refractivity contribution in [2.24, 2.45) is 0 Å². The van der Waals surface area contributed by atoms with Gasteiger partial charge in [0.25, 0.3) is 0 Å². The molecule has 0 aromatic heterocycles. The lowest BCUT2D eigenvalue weighted by atomic mass is 10.5. The molecule has 0 spiro atoms. The molecule has 0 aromatic rings. The highest BCUT2D eigenvalue weighted by atomic mass is 35.5. The Morgan fingerprint density at radius 1 is 1.00 bits per heavy atom. The Labute approximate surface area is 79.0 Å². The monoisotopic (exact) mass is 212 g/mol. The topological polar surface area (TPSA) is 52.6 Å². The van der Waals surface area contributed by atoms with E-state index in [2.05, 4.69) is 9.47 Å². The molecule has 4 nitrogen and oxygen atoms in total. The Morgan fingerprint density at radius 2 is 1.33 bits per heavy atom. The van der Waals surface area contributed by atoms with Crippen molar-refractivity contribution in [1.29, 1.82) is 0 Å². The molecule has 0 aliphatic rings. The van der Waals surface area contributed by atoms with Gasteiger partial charge in [-0.05, 0) is 0 Å². The molecule has 0 saturated heterocycles. The molecule has 0 amide bonds. The molecule has 0 aliphatic carbocycles. The minimum atomic E-state index is -0.712. The summed E-state index contributed by atoms with van der Waals surface area (Å²) in [6, 6.07) is -0.512. The van der Waals surface area contributed by atoms with Gasteiger partial charge in [0.05, 0.1) is 0 Å². The van der Waals surface area contributed by atoms with Gasteiger partial charge in [0, 0.05) is 12.2 Å². The Morgan fingerprint density at radius 3 is 1.58 bits per heavy atom. The van der Waals surface area contributed by atoms with E-state index in [1.807, 2.05) is 0 Å². The Balaban J connectivity index is 3.73. The van der Waals surface area contributed by atoms with Crippen molar-refractivity contribution < 1.29 is 19.1 Å². The lowest BCUT2D eigenvalue weighted by molar-refractivity contribution is -0.138. The molecular formula is C6H6Cl2O4. The number of ether oxygens (including phenoxy) is 2. The van der Waals surface area contributed by atoms with Crippen LogP contribution >= 0.6 is 23.2 Å².